The summed E-state index contributed by atoms with van der Waals surface area (Å²) in [7, 11) is 1.66. The molecule has 18 heavy (non-hydrogen) atoms. The van der Waals surface area contributed by atoms with E-state index in [1.54, 1.807) is 20.0 Å². The minimum Gasteiger partial charge on any atom is -0.392 e. The SMILES string of the molecule is Cc1cc(C(=O)N(C)CC(C)O)sc1C#CCO. The highest BCUT2D eigenvalue weighted by molar-refractivity contribution is 7.14. The fraction of sp³-hybridized carbons (Fsp3) is 0.462. The molecule has 0 aliphatic carbocycles. The van der Waals surface area contributed by atoms with Crippen molar-refractivity contribution in [1.29, 1.82) is 0 Å². The molecular weight excluding hydrogens is 250 g/mol. The number of carbonyl (C=O) groups is 1. The lowest BCUT2D eigenvalue weighted by Gasteiger charge is -2.17. The minimum absolute atomic E-state index is 0.124. The molecule has 1 rings (SSSR count). The summed E-state index contributed by atoms with van der Waals surface area (Å²) >= 11 is 1.31. The van der Waals surface area contributed by atoms with E-state index in [0.717, 1.165) is 10.4 Å². The standard InChI is InChI=1S/C13H17NO3S/c1-9-7-12(18-11(9)5-4-6-15)13(17)14(3)8-10(2)16/h7,10,15-16H,6,8H2,1-3H3. The van der Waals surface area contributed by atoms with Gasteiger partial charge in [-0.1, -0.05) is 11.8 Å². The second-order valence-corrected chi connectivity index (χ2v) is 5.17. The number of hydrogen-bond donors (Lipinski definition) is 2. The largest absolute Gasteiger partial charge is 0.392 e. The summed E-state index contributed by atoms with van der Waals surface area (Å²) in [6, 6.07) is 1.78. The van der Waals surface area contributed by atoms with Gasteiger partial charge in [-0.2, -0.15) is 0 Å². The zero-order valence-electron chi connectivity index (χ0n) is 10.7. The molecule has 4 nitrogen and oxygen atoms in total. The number of likely N-dealkylation sites (N-methyl/N-ethyl adjacent to an activating group) is 1. The first-order valence-electron chi connectivity index (χ1n) is 5.59. The van der Waals surface area contributed by atoms with Crippen LogP contribution in [0.1, 0.15) is 27.0 Å². The summed E-state index contributed by atoms with van der Waals surface area (Å²) in [5.74, 6) is 5.26. The lowest BCUT2D eigenvalue weighted by Crippen LogP contribution is -2.32. The van der Waals surface area contributed by atoms with Crippen molar-refractivity contribution in [2.45, 2.75) is 20.0 Å². The van der Waals surface area contributed by atoms with Crippen LogP contribution < -0.4 is 0 Å². The van der Waals surface area contributed by atoms with Crippen LogP contribution >= 0.6 is 11.3 Å². The molecule has 0 aromatic carbocycles. The summed E-state index contributed by atoms with van der Waals surface area (Å²) in [5, 5.41) is 17.9. The van der Waals surface area contributed by atoms with Crippen LogP contribution in [0.2, 0.25) is 0 Å². The number of carbonyl (C=O) groups excluding carboxylic acids is 1. The van der Waals surface area contributed by atoms with E-state index in [4.69, 9.17) is 5.11 Å². The van der Waals surface area contributed by atoms with Gasteiger partial charge in [0, 0.05) is 13.6 Å². The molecule has 0 bridgehead atoms. The van der Waals surface area contributed by atoms with Crippen LogP contribution in [0.15, 0.2) is 6.07 Å². The van der Waals surface area contributed by atoms with Gasteiger partial charge in [-0.05, 0) is 25.5 Å². The predicted molar refractivity (Wildman–Crippen MR) is 71.7 cm³/mol. The Morgan fingerprint density at radius 3 is 2.83 bits per heavy atom. The van der Waals surface area contributed by atoms with Crippen molar-refractivity contribution in [2.75, 3.05) is 20.2 Å². The van der Waals surface area contributed by atoms with Gasteiger partial charge < -0.3 is 15.1 Å². The number of aliphatic hydroxyl groups is 2. The number of hydrogen-bond acceptors (Lipinski definition) is 4. The maximum atomic E-state index is 12.0. The van der Waals surface area contributed by atoms with Crippen LogP contribution in [-0.2, 0) is 0 Å². The summed E-state index contributed by atoms with van der Waals surface area (Å²) < 4.78 is 0. The molecule has 1 unspecified atom stereocenters. The Hall–Kier alpha value is -1.35. The summed E-state index contributed by atoms with van der Waals surface area (Å²) in [6.07, 6.45) is -0.548. The van der Waals surface area contributed by atoms with Gasteiger partial charge in [0.2, 0.25) is 0 Å². The third-order valence-corrected chi connectivity index (χ3v) is 3.43. The fourth-order valence-corrected chi connectivity index (χ4v) is 2.54. The second kappa shape index (κ2) is 6.55. The molecule has 0 aliphatic heterocycles. The van der Waals surface area contributed by atoms with Gasteiger partial charge in [0.25, 0.3) is 5.91 Å². The molecule has 0 saturated heterocycles. The predicted octanol–water partition coefficient (Wildman–Crippen LogP) is 0.853. The van der Waals surface area contributed by atoms with Crippen LogP contribution in [0.25, 0.3) is 0 Å². The molecule has 0 fully saturated rings. The van der Waals surface area contributed by atoms with Crippen molar-refractivity contribution in [3.8, 4) is 11.8 Å². The monoisotopic (exact) mass is 267 g/mol. The maximum Gasteiger partial charge on any atom is 0.263 e. The van der Waals surface area contributed by atoms with Gasteiger partial charge in [0.15, 0.2) is 0 Å². The third-order valence-electron chi connectivity index (χ3n) is 2.29. The molecule has 5 heteroatoms. The fourth-order valence-electron chi connectivity index (χ4n) is 1.50. The van der Waals surface area contributed by atoms with Crippen LogP contribution in [0.4, 0.5) is 0 Å². The van der Waals surface area contributed by atoms with Gasteiger partial charge in [-0.25, -0.2) is 0 Å². The van der Waals surface area contributed by atoms with E-state index in [1.807, 2.05) is 6.92 Å². The second-order valence-electron chi connectivity index (χ2n) is 4.12. The maximum absolute atomic E-state index is 12.0. The van der Waals surface area contributed by atoms with Gasteiger partial charge in [-0.15, -0.1) is 11.3 Å². The van der Waals surface area contributed by atoms with Crippen LogP contribution in [0, 0.1) is 18.8 Å². The number of aliphatic hydroxyl groups excluding tert-OH is 2. The number of rotatable bonds is 3. The molecule has 98 valence electrons. The molecule has 0 aliphatic rings. The minimum atomic E-state index is -0.548. The highest BCUT2D eigenvalue weighted by atomic mass is 32.1. The van der Waals surface area contributed by atoms with Crippen LogP contribution in [0.5, 0.6) is 0 Å². The molecule has 1 aromatic heterocycles. The molecule has 1 heterocycles. The first-order valence-corrected chi connectivity index (χ1v) is 6.41. The van der Waals surface area contributed by atoms with E-state index in [-0.39, 0.29) is 12.5 Å². The lowest BCUT2D eigenvalue weighted by atomic mass is 10.2. The van der Waals surface area contributed by atoms with Crippen LogP contribution in [0.3, 0.4) is 0 Å². The Labute approximate surface area is 111 Å². The summed E-state index contributed by atoms with van der Waals surface area (Å²) in [5.41, 5.74) is 0.926. The van der Waals surface area contributed by atoms with Crippen molar-refractivity contribution in [3.63, 3.8) is 0 Å². The van der Waals surface area contributed by atoms with Gasteiger partial charge in [0.05, 0.1) is 15.9 Å². The van der Waals surface area contributed by atoms with E-state index >= 15 is 0 Å². The van der Waals surface area contributed by atoms with Crippen molar-refractivity contribution >= 4 is 17.2 Å². The van der Waals surface area contributed by atoms with E-state index in [9.17, 15) is 9.90 Å². The van der Waals surface area contributed by atoms with E-state index in [2.05, 4.69) is 11.8 Å². The van der Waals surface area contributed by atoms with Gasteiger partial charge in [-0.3, -0.25) is 4.79 Å². The van der Waals surface area contributed by atoms with Crippen molar-refractivity contribution in [1.82, 2.24) is 4.90 Å². The first kappa shape index (κ1) is 14.7. The highest BCUT2D eigenvalue weighted by Gasteiger charge is 2.16. The first-order chi connectivity index (χ1) is 8.45. The average Bonchev–Trinajstić information content (AvgIpc) is 2.66. The Bertz CT molecular complexity index is 482. The molecule has 0 saturated carbocycles. The highest BCUT2D eigenvalue weighted by Crippen LogP contribution is 2.22. The molecule has 0 spiro atoms. The average molecular weight is 267 g/mol. The third kappa shape index (κ3) is 3.84. The Morgan fingerprint density at radius 2 is 2.28 bits per heavy atom. The zero-order chi connectivity index (χ0) is 13.7. The van der Waals surface area contributed by atoms with E-state index in [1.165, 1.54) is 16.2 Å². The number of nitrogens with zero attached hydrogens (tertiary/aromatic N) is 1. The topological polar surface area (TPSA) is 60.8 Å². The molecule has 0 radical (unpaired) electrons. The van der Waals surface area contributed by atoms with E-state index < -0.39 is 6.10 Å². The Kier molecular flexibility index (Phi) is 5.35. The Balaban J connectivity index is 2.87. The Morgan fingerprint density at radius 1 is 1.61 bits per heavy atom. The van der Waals surface area contributed by atoms with Gasteiger partial charge in [0.1, 0.15) is 6.61 Å². The number of amides is 1. The zero-order valence-corrected chi connectivity index (χ0v) is 11.5. The number of thiophene rings is 1. The molecule has 1 aromatic rings. The smallest absolute Gasteiger partial charge is 0.263 e. The van der Waals surface area contributed by atoms with Crippen molar-refractivity contribution in [3.05, 3.63) is 21.4 Å². The molecule has 1 atom stereocenters. The van der Waals surface area contributed by atoms with Crippen molar-refractivity contribution in [2.24, 2.45) is 0 Å². The van der Waals surface area contributed by atoms with Crippen molar-refractivity contribution < 1.29 is 15.0 Å². The molecule has 2 N–H and O–H groups in total. The summed E-state index contributed by atoms with van der Waals surface area (Å²) in [4.78, 5) is 14.9. The van der Waals surface area contributed by atoms with E-state index in [0.29, 0.717) is 11.4 Å². The van der Waals surface area contributed by atoms with Gasteiger partial charge >= 0.3 is 0 Å². The molecular formula is C13H17NO3S. The normalized spacial score (nSPS) is 11.6. The van der Waals surface area contributed by atoms with Crippen LogP contribution in [-0.4, -0.2) is 47.3 Å². The molecule has 1 amide bonds. The quantitative estimate of drug-likeness (QED) is 0.798. The number of aryl methyl sites for hydroxylation is 1. The lowest BCUT2D eigenvalue weighted by molar-refractivity contribution is 0.0708. The summed E-state index contributed by atoms with van der Waals surface area (Å²) in [6.45, 7) is 3.63.